The minimum atomic E-state index is -0.834. The second-order valence-corrected chi connectivity index (χ2v) is 7.98. The second-order valence-electron chi connectivity index (χ2n) is 7.98. The summed E-state index contributed by atoms with van der Waals surface area (Å²) >= 11 is 0. The molecule has 0 unspecified atom stereocenters. The van der Waals surface area contributed by atoms with Gasteiger partial charge in [-0.2, -0.15) is 0 Å². The van der Waals surface area contributed by atoms with E-state index in [9.17, 15) is 4.79 Å². The fourth-order valence-corrected chi connectivity index (χ4v) is 2.86. The number of benzene rings is 2. The Hall–Kier alpha value is -2.83. The third-order valence-corrected chi connectivity index (χ3v) is 4.90. The van der Waals surface area contributed by atoms with E-state index in [1.54, 1.807) is 33.3 Å². The maximum absolute atomic E-state index is 12.6. The van der Waals surface area contributed by atoms with Crippen LogP contribution in [0, 0.1) is 5.41 Å². The second kappa shape index (κ2) is 8.90. The molecule has 2 aromatic rings. The van der Waals surface area contributed by atoms with Crippen molar-refractivity contribution < 1.29 is 28.5 Å². The molecule has 0 N–H and O–H groups in total. The summed E-state index contributed by atoms with van der Waals surface area (Å²) in [5.41, 5.74) is 1.09. The van der Waals surface area contributed by atoms with Gasteiger partial charge in [0.2, 0.25) is 0 Å². The lowest BCUT2D eigenvalue weighted by Gasteiger charge is -2.39. The molecular formula is C24H28O6. The van der Waals surface area contributed by atoms with Crippen LogP contribution in [0.3, 0.4) is 0 Å². The standard InChI is InChI=1S/C24H28O6/c1-23(2)28-15-24(3,16-29-23)22(25)30-19-10-8-17(9-11-19)6-7-18-12-20(26-4)14-21(13-18)27-5/h6-14H,15-16H2,1-5H3/b7-6+. The Morgan fingerprint density at radius 1 is 0.833 bits per heavy atom. The van der Waals surface area contributed by atoms with Crippen molar-refractivity contribution in [1.82, 2.24) is 0 Å². The van der Waals surface area contributed by atoms with Crippen molar-refractivity contribution >= 4 is 18.1 Å². The Kier molecular flexibility index (Phi) is 6.48. The Morgan fingerprint density at radius 3 is 1.90 bits per heavy atom. The summed E-state index contributed by atoms with van der Waals surface area (Å²) in [6, 6.07) is 13.0. The Labute approximate surface area is 177 Å². The minimum absolute atomic E-state index is 0.254. The average molecular weight is 412 g/mol. The fourth-order valence-electron chi connectivity index (χ4n) is 2.86. The quantitative estimate of drug-likeness (QED) is 0.393. The number of rotatable bonds is 6. The van der Waals surface area contributed by atoms with Crippen LogP contribution in [0.5, 0.6) is 17.2 Å². The monoisotopic (exact) mass is 412 g/mol. The van der Waals surface area contributed by atoms with E-state index in [-0.39, 0.29) is 19.2 Å². The lowest BCUT2D eigenvalue weighted by Crippen LogP contribution is -2.50. The maximum atomic E-state index is 12.6. The Balaban J connectivity index is 1.64. The van der Waals surface area contributed by atoms with Crippen molar-refractivity contribution in [2.24, 2.45) is 5.41 Å². The van der Waals surface area contributed by atoms with Gasteiger partial charge >= 0.3 is 5.97 Å². The minimum Gasteiger partial charge on any atom is -0.497 e. The molecule has 1 fully saturated rings. The number of hydrogen-bond acceptors (Lipinski definition) is 6. The van der Waals surface area contributed by atoms with Crippen LogP contribution in [-0.2, 0) is 14.3 Å². The van der Waals surface area contributed by atoms with Crippen molar-refractivity contribution in [3.8, 4) is 17.2 Å². The maximum Gasteiger partial charge on any atom is 0.321 e. The SMILES string of the molecule is COc1cc(/C=C/c2ccc(OC(=O)C3(C)COC(C)(C)OC3)cc2)cc(OC)c1. The normalized spacial score (nSPS) is 17.5. The van der Waals surface area contributed by atoms with Crippen molar-refractivity contribution in [2.75, 3.05) is 27.4 Å². The van der Waals surface area contributed by atoms with Crippen LogP contribution in [0.2, 0.25) is 0 Å². The zero-order chi connectivity index (χ0) is 21.8. The van der Waals surface area contributed by atoms with Gasteiger partial charge in [0.05, 0.1) is 27.4 Å². The first-order chi connectivity index (χ1) is 14.2. The van der Waals surface area contributed by atoms with Crippen molar-refractivity contribution in [2.45, 2.75) is 26.6 Å². The number of carbonyl (C=O) groups excluding carboxylic acids is 1. The predicted octanol–water partition coefficient (Wildman–Crippen LogP) is 4.57. The van der Waals surface area contributed by atoms with E-state index in [1.807, 2.05) is 56.3 Å². The van der Waals surface area contributed by atoms with Gasteiger partial charge in [-0.1, -0.05) is 24.3 Å². The van der Waals surface area contributed by atoms with E-state index in [2.05, 4.69) is 0 Å². The van der Waals surface area contributed by atoms with Crippen LogP contribution in [0.25, 0.3) is 12.2 Å². The summed E-state index contributed by atoms with van der Waals surface area (Å²) in [5, 5.41) is 0. The van der Waals surface area contributed by atoms with Gasteiger partial charge in [0.1, 0.15) is 22.7 Å². The van der Waals surface area contributed by atoms with Gasteiger partial charge in [-0.3, -0.25) is 4.79 Å². The van der Waals surface area contributed by atoms with Gasteiger partial charge in [-0.15, -0.1) is 0 Å². The van der Waals surface area contributed by atoms with Gasteiger partial charge in [0, 0.05) is 6.07 Å². The van der Waals surface area contributed by atoms with E-state index in [4.69, 9.17) is 23.7 Å². The third-order valence-electron chi connectivity index (χ3n) is 4.90. The lowest BCUT2D eigenvalue weighted by atomic mass is 9.92. The molecule has 6 nitrogen and oxygen atoms in total. The van der Waals surface area contributed by atoms with Gasteiger partial charge in [0.25, 0.3) is 0 Å². The number of hydrogen-bond donors (Lipinski definition) is 0. The van der Waals surface area contributed by atoms with Gasteiger partial charge < -0.3 is 23.7 Å². The summed E-state index contributed by atoms with van der Waals surface area (Å²) < 4.78 is 27.4. The van der Waals surface area contributed by atoms with Crippen molar-refractivity contribution in [3.05, 3.63) is 53.6 Å². The summed E-state index contributed by atoms with van der Waals surface area (Å²) in [7, 11) is 3.24. The molecular weight excluding hydrogens is 384 g/mol. The molecule has 0 bridgehead atoms. The molecule has 0 aliphatic carbocycles. The fraction of sp³-hybridized carbons (Fsp3) is 0.375. The summed E-state index contributed by atoms with van der Waals surface area (Å²) in [6.45, 7) is 5.94. The topological polar surface area (TPSA) is 63.2 Å². The van der Waals surface area contributed by atoms with Gasteiger partial charge in [-0.25, -0.2) is 0 Å². The van der Waals surface area contributed by atoms with Crippen molar-refractivity contribution in [1.29, 1.82) is 0 Å². The van der Waals surface area contributed by atoms with Crippen LogP contribution in [0.4, 0.5) is 0 Å². The molecule has 1 heterocycles. The zero-order valence-electron chi connectivity index (χ0n) is 18.1. The lowest BCUT2D eigenvalue weighted by molar-refractivity contribution is -0.279. The molecule has 3 rings (SSSR count). The molecule has 0 spiro atoms. The van der Waals surface area contributed by atoms with Crippen LogP contribution in [0.15, 0.2) is 42.5 Å². The van der Waals surface area contributed by atoms with E-state index in [1.165, 1.54) is 0 Å². The first-order valence-corrected chi connectivity index (χ1v) is 9.74. The van der Waals surface area contributed by atoms with E-state index in [0.29, 0.717) is 5.75 Å². The first-order valence-electron chi connectivity index (χ1n) is 9.74. The van der Waals surface area contributed by atoms with Crippen LogP contribution >= 0.6 is 0 Å². The molecule has 0 saturated carbocycles. The number of ether oxygens (including phenoxy) is 5. The number of carbonyl (C=O) groups is 1. The molecule has 0 aromatic heterocycles. The number of esters is 1. The van der Waals surface area contributed by atoms with E-state index >= 15 is 0 Å². The van der Waals surface area contributed by atoms with Crippen LogP contribution < -0.4 is 14.2 Å². The molecule has 1 aliphatic rings. The number of methoxy groups -OCH3 is 2. The highest BCUT2D eigenvalue weighted by Crippen LogP contribution is 2.31. The van der Waals surface area contributed by atoms with E-state index < -0.39 is 11.2 Å². The highest BCUT2D eigenvalue weighted by atomic mass is 16.7. The molecule has 6 heteroatoms. The Morgan fingerprint density at radius 2 is 1.37 bits per heavy atom. The molecule has 0 radical (unpaired) electrons. The molecule has 0 atom stereocenters. The summed E-state index contributed by atoms with van der Waals surface area (Å²) in [5.74, 6) is 0.879. The van der Waals surface area contributed by atoms with Crippen LogP contribution in [-0.4, -0.2) is 39.2 Å². The van der Waals surface area contributed by atoms with Crippen LogP contribution in [0.1, 0.15) is 31.9 Å². The summed E-state index contributed by atoms with van der Waals surface area (Å²) in [6.07, 6.45) is 3.93. The van der Waals surface area contributed by atoms with Gasteiger partial charge in [-0.05, 0) is 56.2 Å². The summed E-state index contributed by atoms with van der Waals surface area (Å²) in [4.78, 5) is 12.6. The third kappa shape index (κ3) is 5.40. The molecule has 0 amide bonds. The molecule has 160 valence electrons. The van der Waals surface area contributed by atoms with E-state index in [0.717, 1.165) is 22.6 Å². The smallest absolute Gasteiger partial charge is 0.321 e. The molecule has 1 aliphatic heterocycles. The highest BCUT2D eigenvalue weighted by Gasteiger charge is 2.43. The average Bonchev–Trinajstić information content (AvgIpc) is 2.75. The highest BCUT2D eigenvalue weighted by molar-refractivity contribution is 5.79. The zero-order valence-corrected chi connectivity index (χ0v) is 18.1. The first kappa shape index (κ1) is 21.9. The molecule has 1 saturated heterocycles. The molecule has 2 aromatic carbocycles. The van der Waals surface area contributed by atoms with Crippen molar-refractivity contribution in [3.63, 3.8) is 0 Å². The Bertz CT molecular complexity index is 882. The molecule has 30 heavy (non-hydrogen) atoms. The predicted molar refractivity (Wildman–Crippen MR) is 115 cm³/mol. The largest absolute Gasteiger partial charge is 0.497 e. The van der Waals surface area contributed by atoms with Gasteiger partial charge in [0.15, 0.2) is 5.79 Å².